The van der Waals surface area contributed by atoms with Crippen LogP contribution in [0, 0.1) is 0 Å². The van der Waals surface area contributed by atoms with Crippen molar-refractivity contribution in [3.63, 3.8) is 0 Å². The number of rotatable bonds is 3. The Bertz CT molecular complexity index is 645. The molecule has 0 radical (unpaired) electrons. The zero-order valence-electron chi connectivity index (χ0n) is 11.8. The fourth-order valence-electron chi connectivity index (χ4n) is 2.51. The molecule has 0 saturated carbocycles. The van der Waals surface area contributed by atoms with Gasteiger partial charge in [-0.1, -0.05) is 0 Å². The molecule has 9 heteroatoms. The summed E-state index contributed by atoms with van der Waals surface area (Å²) in [6.07, 6.45) is 0.676. The van der Waals surface area contributed by atoms with Gasteiger partial charge in [0.15, 0.2) is 23.2 Å². The topological polar surface area (TPSA) is 123 Å². The summed E-state index contributed by atoms with van der Waals surface area (Å²) in [5, 5.41) is 19.4. The van der Waals surface area contributed by atoms with E-state index in [9.17, 15) is 10.2 Å². The lowest BCUT2D eigenvalue weighted by molar-refractivity contribution is -0.0488. The third kappa shape index (κ3) is 2.14. The number of ether oxygens (including phenoxy) is 1. The van der Waals surface area contributed by atoms with E-state index in [1.807, 2.05) is 19.0 Å². The number of anilines is 1. The fourth-order valence-corrected chi connectivity index (χ4v) is 2.51. The lowest BCUT2D eigenvalue weighted by Crippen LogP contribution is -2.41. The minimum atomic E-state index is -0.947. The molecule has 0 aliphatic carbocycles. The van der Waals surface area contributed by atoms with E-state index in [2.05, 4.69) is 15.0 Å². The van der Waals surface area contributed by atoms with Crippen molar-refractivity contribution in [2.75, 3.05) is 25.6 Å². The maximum Gasteiger partial charge on any atom is 0.167 e. The molecule has 1 aliphatic rings. The van der Waals surface area contributed by atoms with E-state index in [0.29, 0.717) is 17.0 Å². The summed E-state index contributed by atoms with van der Waals surface area (Å²) in [4.78, 5) is 14.5. The zero-order chi connectivity index (χ0) is 15.1. The summed E-state index contributed by atoms with van der Waals surface area (Å²) in [7, 11) is 3.72. The summed E-state index contributed by atoms with van der Waals surface area (Å²) in [5.74, 6) is 0.675. The van der Waals surface area contributed by atoms with Crippen LogP contribution in [0.3, 0.4) is 0 Å². The highest BCUT2D eigenvalue weighted by Crippen LogP contribution is 2.31. The average Bonchev–Trinajstić information content (AvgIpc) is 3.01. The highest BCUT2D eigenvalue weighted by molar-refractivity contribution is 5.83. The van der Waals surface area contributed by atoms with Crippen molar-refractivity contribution in [2.45, 2.75) is 24.5 Å². The summed E-state index contributed by atoms with van der Waals surface area (Å²) in [6, 6.07) is -0.660. The minimum Gasteiger partial charge on any atom is -0.394 e. The standard InChI is InChI=1S/C12H18N6O3/c1-17(2)10-8-11(15-4-14-10)18(5-16-8)12-9(20)7(13)6(3-19)21-12/h4-7,9,12,19-20H,3,13H2,1-2H3/t6-,7-,9-,12-/m0/s1. The van der Waals surface area contributed by atoms with Crippen molar-refractivity contribution in [3.8, 4) is 0 Å². The van der Waals surface area contributed by atoms with E-state index < -0.39 is 24.5 Å². The maximum absolute atomic E-state index is 10.2. The van der Waals surface area contributed by atoms with E-state index in [1.165, 1.54) is 12.7 Å². The molecule has 1 fully saturated rings. The molecule has 9 nitrogen and oxygen atoms in total. The van der Waals surface area contributed by atoms with Crippen LogP contribution in [0.4, 0.5) is 5.82 Å². The van der Waals surface area contributed by atoms with E-state index in [-0.39, 0.29) is 6.61 Å². The van der Waals surface area contributed by atoms with Crippen LogP contribution in [0.1, 0.15) is 6.23 Å². The fraction of sp³-hybridized carbons (Fsp3) is 0.583. The van der Waals surface area contributed by atoms with Crippen LogP contribution in [0.25, 0.3) is 11.2 Å². The quantitative estimate of drug-likeness (QED) is 0.623. The summed E-state index contributed by atoms with van der Waals surface area (Å²) < 4.78 is 7.23. The molecule has 21 heavy (non-hydrogen) atoms. The van der Waals surface area contributed by atoms with Crippen LogP contribution in [0.5, 0.6) is 0 Å². The van der Waals surface area contributed by atoms with Crippen LogP contribution >= 0.6 is 0 Å². The van der Waals surface area contributed by atoms with Gasteiger partial charge in [-0.15, -0.1) is 0 Å². The average molecular weight is 294 g/mol. The Morgan fingerprint density at radius 3 is 2.76 bits per heavy atom. The Balaban J connectivity index is 2.04. The number of aromatic nitrogens is 4. The summed E-state index contributed by atoms with van der Waals surface area (Å²) in [5.41, 5.74) is 7.00. The Kier molecular flexibility index (Phi) is 3.49. The van der Waals surface area contributed by atoms with Gasteiger partial charge < -0.3 is 25.6 Å². The predicted octanol–water partition coefficient (Wildman–Crippen LogP) is -1.53. The number of aliphatic hydroxyl groups is 2. The molecule has 114 valence electrons. The van der Waals surface area contributed by atoms with E-state index in [4.69, 9.17) is 10.5 Å². The molecular formula is C12H18N6O3. The van der Waals surface area contributed by atoms with Gasteiger partial charge in [0.05, 0.1) is 19.0 Å². The first-order chi connectivity index (χ1) is 10.0. The normalized spacial score (nSPS) is 29.2. The van der Waals surface area contributed by atoms with Crippen molar-refractivity contribution >= 4 is 17.0 Å². The first-order valence-electron chi connectivity index (χ1n) is 6.59. The highest BCUT2D eigenvalue weighted by Gasteiger charge is 2.42. The van der Waals surface area contributed by atoms with Gasteiger partial charge in [0.1, 0.15) is 18.5 Å². The second kappa shape index (κ2) is 5.19. The number of hydrogen-bond donors (Lipinski definition) is 3. The first kappa shape index (κ1) is 14.1. The number of hydrogen-bond acceptors (Lipinski definition) is 8. The van der Waals surface area contributed by atoms with Gasteiger partial charge in [-0.25, -0.2) is 15.0 Å². The Hall–Kier alpha value is -1.81. The van der Waals surface area contributed by atoms with Crippen LogP contribution in [-0.2, 0) is 4.74 Å². The van der Waals surface area contributed by atoms with Crippen LogP contribution < -0.4 is 10.6 Å². The van der Waals surface area contributed by atoms with E-state index in [1.54, 1.807) is 4.57 Å². The lowest BCUT2D eigenvalue weighted by atomic mass is 10.1. The summed E-state index contributed by atoms with van der Waals surface area (Å²) >= 11 is 0. The largest absolute Gasteiger partial charge is 0.394 e. The molecule has 2 aromatic rings. The highest BCUT2D eigenvalue weighted by atomic mass is 16.5. The Morgan fingerprint density at radius 2 is 2.14 bits per heavy atom. The van der Waals surface area contributed by atoms with Gasteiger partial charge in [-0.2, -0.15) is 0 Å². The van der Waals surface area contributed by atoms with Crippen LogP contribution in [-0.4, -0.2) is 68.7 Å². The number of nitrogens with zero attached hydrogens (tertiary/aromatic N) is 5. The third-order valence-corrected chi connectivity index (χ3v) is 3.65. The predicted molar refractivity (Wildman–Crippen MR) is 74.6 cm³/mol. The molecule has 2 aromatic heterocycles. The van der Waals surface area contributed by atoms with Gasteiger partial charge in [0, 0.05) is 14.1 Å². The molecule has 0 amide bonds. The van der Waals surface area contributed by atoms with Crippen molar-refractivity contribution in [2.24, 2.45) is 5.73 Å². The van der Waals surface area contributed by atoms with Crippen molar-refractivity contribution in [3.05, 3.63) is 12.7 Å². The van der Waals surface area contributed by atoms with E-state index >= 15 is 0 Å². The van der Waals surface area contributed by atoms with Crippen molar-refractivity contribution in [1.82, 2.24) is 19.5 Å². The van der Waals surface area contributed by atoms with Gasteiger partial charge >= 0.3 is 0 Å². The Morgan fingerprint density at radius 1 is 1.38 bits per heavy atom. The second-order valence-electron chi connectivity index (χ2n) is 5.23. The van der Waals surface area contributed by atoms with Gasteiger partial charge in [-0.3, -0.25) is 4.57 Å². The monoisotopic (exact) mass is 294 g/mol. The number of nitrogens with two attached hydrogens (primary N) is 1. The van der Waals surface area contributed by atoms with Crippen LogP contribution in [0.2, 0.25) is 0 Å². The van der Waals surface area contributed by atoms with Gasteiger partial charge in [0.2, 0.25) is 0 Å². The molecule has 3 rings (SSSR count). The molecule has 0 unspecified atom stereocenters. The zero-order valence-corrected chi connectivity index (χ0v) is 11.8. The van der Waals surface area contributed by atoms with E-state index in [0.717, 1.165) is 0 Å². The molecule has 0 aromatic carbocycles. The molecule has 0 bridgehead atoms. The summed E-state index contributed by atoms with van der Waals surface area (Å²) in [6.45, 7) is -0.251. The van der Waals surface area contributed by atoms with Crippen molar-refractivity contribution < 1.29 is 14.9 Å². The van der Waals surface area contributed by atoms with Crippen molar-refractivity contribution in [1.29, 1.82) is 0 Å². The Labute approximate surface area is 121 Å². The van der Waals surface area contributed by atoms with Gasteiger partial charge in [-0.05, 0) is 0 Å². The molecule has 1 aliphatic heterocycles. The smallest absolute Gasteiger partial charge is 0.167 e. The number of fused-ring (bicyclic) bond motifs is 1. The minimum absolute atomic E-state index is 0.251. The number of aliphatic hydroxyl groups excluding tert-OH is 2. The molecule has 4 N–H and O–H groups in total. The SMILES string of the molecule is CN(C)c1ncnc2c1ncn2[C@H]1O[C@@H](CO)[C@H](N)[C@@H]1O. The van der Waals surface area contributed by atoms with Crippen LogP contribution in [0.15, 0.2) is 12.7 Å². The molecule has 3 heterocycles. The molecule has 1 saturated heterocycles. The lowest BCUT2D eigenvalue weighted by Gasteiger charge is -2.17. The molecule has 0 spiro atoms. The molecular weight excluding hydrogens is 276 g/mol. The van der Waals surface area contributed by atoms with Gasteiger partial charge in [0.25, 0.3) is 0 Å². The number of imidazole rings is 1. The third-order valence-electron chi connectivity index (χ3n) is 3.65. The maximum atomic E-state index is 10.2. The second-order valence-corrected chi connectivity index (χ2v) is 5.23. The first-order valence-corrected chi connectivity index (χ1v) is 6.59. The molecule has 4 atom stereocenters.